The van der Waals surface area contributed by atoms with Crippen LogP contribution in [0.1, 0.15) is 38.3 Å². The average Bonchev–Trinajstić information content (AvgIpc) is 3.50. The number of piperidine rings is 1. The molecule has 6 heterocycles. The number of hydrogen-bond acceptors (Lipinski definition) is 8. The molecular formula is C22H24N8O2. The monoisotopic (exact) mass is 432 g/mol. The van der Waals surface area contributed by atoms with Crippen LogP contribution in [0.3, 0.4) is 0 Å². The molecule has 0 saturated carbocycles. The van der Waals surface area contributed by atoms with Gasteiger partial charge in [-0.25, -0.2) is 9.67 Å². The molecule has 10 nitrogen and oxygen atoms in total. The minimum Gasteiger partial charge on any atom is -0.377 e. The number of carbonyl (C=O) groups is 1. The number of Topliss-reactive ketones (excluding diaryl/α,β-unsaturated/α-hetero) is 1. The summed E-state index contributed by atoms with van der Waals surface area (Å²) in [6.07, 6.45) is 6.56. The molecule has 3 aliphatic rings. The first-order chi connectivity index (χ1) is 15.6. The van der Waals surface area contributed by atoms with Crippen LogP contribution in [0.2, 0.25) is 0 Å². The molecule has 3 aromatic rings. The van der Waals surface area contributed by atoms with E-state index < -0.39 is 0 Å². The molecule has 6 rings (SSSR count). The lowest BCUT2D eigenvalue weighted by Crippen LogP contribution is -2.45. The predicted octanol–water partition coefficient (Wildman–Crippen LogP) is 1.94. The van der Waals surface area contributed by atoms with Gasteiger partial charge in [-0.3, -0.25) is 9.89 Å². The fraction of sp³-hybridized carbons (Fsp3) is 0.500. The number of ketones is 1. The van der Waals surface area contributed by atoms with Crippen LogP contribution >= 0.6 is 0 Å². The van der Waals surface area contributed by atoms with Crippen molar-refractivity contribution in [1.29, 1.82) is 5.26 Å². The first-order valence-electron chi connectivity index (χ1n) is 11.1. The minimum atomic E-state index is 0.158. The van der Waals surface area contributed by atoms with Crippen molar-refractivity contribution in [2.45, 2.75) is 50.7 Å². The second kappa shape index (κ2) is 7.31. The number of aromatic amines is 1. The number of ether oxygens (including phenoxy) is 1. The predicted molar refractivity (Wildman–Crippen MR) is 117 cm³/mol. The van der Waals surface area contributed by atoms with Crippen molar-refractivity contribution < 1.29 is 9.53 Å². The molecule has 1 N–H and O–H groups in total. The Morgan fingerprint density at radius 1 is 1.28 bits per heavy atom. The zero-order valence-corrected chi connectivity index (χ0v) is 17.9. The summed E-state index contributed by atoms with van der Waals surface area (Å²) in [4.78, 5) is 21.8. The van der Waals surface area contributed by atoms with Crippen molar-refractivity contribution in [3.63, 3.8) is 0 Å². The molecule has 3 fully saturated rings. The highest BCUT2D eigenvalue weighted by molar-refractivity contribution is 5.97. The molecule has 3 atom stereocenters. The van der Waals surface area contributed by atoms with Crippen LogP contribution in [-0.2, 0) is 9.53 Å². The molecule has 0 radical (unpaired) electrons. The van der Waals surface area contributed by atoms with E-state index in [0.717, 1.165) is 42.0 Å². The van der Waals surface area contributed by atoms with Crippen molar-refractivity contribution in [2.24, 2.45) is 0 Å². The van der Waals surface area contributed by atoms with Gasteiger partial charge < -0.3 is 14.5 Å². The third-order valence-corrected chi connectivity index (χ3v) is 6.93. The maximum Gasteiger partial charge on any atom is 0.174 e. The van der Waals surface area contributed by atoms with Crippen LogP contribution in [-0.4, -0.2) is 68.6 Å². The van der Waals surface area contributed by atoms with Crippen molar-refractivity contribution >= 4 is 28.3 Å². The molecule has 0 aromatic carbocycles. The number of nitrogens with zero attached hydrogens (tertiary/aromatic N) is 7. The lowest BCUT2D eigenvalue weighted by molar-refractivity contribution is -0.120. The zero-order valence-electron chi connectivity index (χ0n) is 17.9. The van der Waals surface area contributed by atoms with Crippen LogP contribution in [0.15, 0.2) is 18.5 Å². The maximum atomic E-state index is 12.2. The van der Waals surface area contributed by atoms with E-state index in [9.17, 15) is 10.1 Å². The molecule has 2 unspecified atom stereocenters. The number of H-pyrrole nitrogens is 1. The molecule has 0 amide bonds. The SMILES string of the molecule is C[C@@H]1COCCN1c1cc(N2C3CCC2CC(=O)C3)nc2c1c(C#N)nn2-c1cn[nH]c1. The van der Waals surface area contributed by atoms with Crippen LogP contribution in [0.4, 0.5) is 11.5 Å². The normalized spacial score (nSPS) is 25.5. The van der Waals surface area contributed by atoms with Gasteiger partial charge in [0, 0.05) is 49.8 Å². The molecule has 3 aliphatic heterocycles. The first kappa shape index (κ1) is 19.3. The van der Waals surface area contributed by atoms with Gasteiger partial charge in [-0.2, -0.15) is 15.5 Å². The Morgan fingerprint density at radius 2 is 2.09 bits per heavy atom. The number of fused-ring (bicyclic) bond motifs is 3. The summed E-state index contributed by atoms with van der Waals surface area (Å²) in [6, 6.07) is 4.88. The number of hydrogen-bond donors (Lipinski definition) is 1. The average molecular weight is 432 g/mol. The zero-order chi connectivity index (χ0) is 21.8. The maximum absolute atomic E-state index is 12.2. The van der Waals surface area contributed by atoms with Crippen LogP contribution in [0.5, 0.6) is 0 Å². The summed E-state index contributed by atoms with van der Waals surface area (Å²) < 4.78 is 7.35. The summed E-state index contributed by atoms with van der Waals surface area (Å²) in [7, 11) is 0. The smallest absolute Gasteiger partial charge is 0.174 e. The van der Waals surface area contributed by atoms with Gasteiger partial charge in [-0.15, -0.1) is 0 Å². The van der Waals surface area contributed by atoms with Gasteiger partial charge >= 0.3 is 0 Å². The van der Waals surface area contributed by atoms with Crippen molar-refractivity contribution in [2.75, 3.05) is 29.6 Å². The summed E-state index contributed by atoms with van der Waals surface area (Å²) >= 11 is 0. The van der Waals surface area contributed by atoms with Gasteiger partial charge in [0.15, 0.2) is 11.3 Å². The number of rotatable bonds is 3. The van der Waals surface area contributed by atoms with Crippen LogP contribution in [0.25, 0.3) is 16.7 Å². The quantitative estimate of drug-likeness (QED) is 0.668. The van der Waals surface area contributed by atoms with E-state index in [1.165, 1.54) is 0 Å². The number of nitriles is 1. The van der Waals surface area contributed by atoms with E-state index in [2.05, 4.69) is 44.2 Å². The Balaban J connectivity index is 1.59. The fourth-order valence-electron chi connectivity index (χ4n) is 5.49. The molecule has 2 bridgehead atoms. The largest absolute Gasteiger partial charge is 0.377 e. The van der Waals surface area contributed by atoms with Gasteiger partial charge in [0.25, 0.3) is 0 Å². The topological polar surface area (TPSA) is 116 Å². The van der Waals surface area contributed by atoms with Crippen molar-refractivity contribution in [3.8, 4) is 11.8 Å². The summed E-state index contributed by atoms with van der Waals surface area (Å²) in [5.41, 5.74) is 2.64. The molecule has 3 saturated heterocycles. The Bertz CT molecular complexity index is 1210. The number of aromatic nitrogens is 5. The van der Waals surface area contributed by atoms with Gasteiger partial charge in [0.2, 0.25) is 0 Å². The lowest BCUT2D eigenvalue weighted by atomic mass is 10.0. The van der Waals surface area contributed by atoms with Crippen LogP contribution < -0.4 is 9.80 Å². The molecule has 164 valence electrons. The number of morpholine rings is 1. The van der Waals surface area contributed by atoms with E-state index in [0.29, 0.717) is 43.2 Å². The molecule has 0 aliphatic carbocycles. The summed E-state index contributed by atoms with van der Waals surface area (Å²) in [5.74, 6) is 1.19. The molecular weight excluding hydrogens is 408 g/mol. The Kier molecular flexibility index (Phi) is 4.40. The van der Waals surface area contributed by atoms with E-state index in [4.69, 9.17) is 9.72 Å². The molecule has 10 heteroatoms. The van der Waals surface area contributed by atoms with Gasteiger partial charge in [0.1, 0.15) is 23.4 Å². The first-order valence-corrected chi connectivity index (χ1v) is 11.1. The Labute approximate surface area is 184 Å². The third-order valence-electron chi connectivity index (χ3n) is 6.93. The van der Waals surface area contributed by atoms with E-state index in [-0.39, 0.29) is 18.1 Å². The highest BCUT2D eigenvalue weighted by Gasteiger charge is 2.41. The standard InChI is InChI=1S/C22H24N8O2/c1-13-12-32-5-4-28(13)19-8-20(29-14-2-3-15(29)7-17(31)6-14)26-22-21(19)18(9-23)27-30(22)16-10-24-25-11-16/h8,10-11,13-15H,2-7,12H2,1H3,(H,24,25)/t13-,14?,15?/m1/s1. The highest BCUT2D eigenvalue weighted by Crippen LogP contribution is 2.41. The second-order valence-electron chi connectivity index (χ2n) is 8.88. The van der Waals surface area contributed by atoms with E-state index in [1.54, 1.807) is 17.1 Å². The highest BCUT2D eigenvalue weighted by atomic mass is 16.5. The summed E-state index contributed by atoms with van der Waals surface area (Å²) in [6.45, 7) is 4.11. The van der Waals surface area contributed by atoms with E-state index >= 15 is 0 Å². The Hall–Kier alpha value is -3.45. The number of carbonyl (C=O) groups excluding carboxylic acids is 1. The lowest BCUT2D eigenvalue weighted by Gasteiger charge is -2.38. The van der Waals surface area contributed by atoms with E-state index in [1.807, 2.05) is 0 Å². The fourth-order valence-corrected chi connectivity index (χ4v) is 5.49. The number of nitrogens with one attached hydrogen (secondary N) is 1. The molecule has 32 heavy (non-hydrogen) atoms. The van der Waals surface area contributed by atoms with Gasteiger partial charge in [-0.1, -0.05) is 0 Å². The minimum absolute atomic E-state index is 0.158. The number of anilines is 2. The summed E-state index contributed by atoms with van der Waals surface area (Å²) in [5, 5.41) is 22.1. The van der Waals surface area contributed by atoms with Crippen molar-refractivity contribution in [1.82, 2.24) is 25.0 Å². The molecule has 0 spiro atoms. The Morgan fingerprint density at radius 3 is 2.78 bits per heavy atom. The second-order valence-corrected chi connectivity index (χ2v) is 8.88. The van der Waals surface area contributed by atoms with Gasteiger partial charge in [-0.05, 0) is 19.8 Å². The number of pyridine rings is 1. The van der Waals surface area contributed by atoms with Crippen LogP contribution in [0, 0.1) is 11.3 Å². The van der Waals surface area contributed by atoms with Gasteiger partial charge in [0.05, 0.1) is 30.5 Å². The third kappa shape index (κ3) is 2.88. The molecule has 3 aromatic heterocycles. The van der Waals surface area contributed by atoms with Crippen molar-refractivity contribution in [3.05, 3.63) is 24.2 Å².